The number of halogens is 3. The molecule has 0 spiro atoms. The molecule has 6 nitrogen and oxygen atoms in total. The van der Waals surface area contributed by atoms with Gasteiger partial charge in [0.05, 0.1) is 12.0 Å². The van der Waals surface area contributed by atoms with Crippen molar-refractivity contribution >= 4 is 17.8 Å². The average Bonchev–Trinajstić information content (AvgIpc) is 3.75. The molecule has 1 heterocycles. The quantitative estimate of drug-likeness (QED) is 0.377. The van der Waals surface area contributed by atoms with Crippen molar-refractivity contribution < 1.29 is 32.7 Å². The molecule has 1 saturated carbocycles. The van der Waals surface area contributed by atoms with Crippen LogP contribution in [0.15, 0.2) is 66.7 Å². The molecule has 1 aliphatic carbocycles. The van der Waals surface area contributed by atoms with Crippen LogP contribution in [0.5, 0.6) is 0 Å². The molecule has 1 aliphatic heterocycles. The van der Waals surface area contributed by atoms with Gasteiger partial charge in [-0.3, -0.25) is 9.59 Å². The van der Waals surface area contributed by atoms with Crippen molar-refractivity contribution in [3.8, 4) is 11.1 Å². The maximum Gasteiger partial charge on any atom is 0.389 e. The Hall–Kier alpha value is -4.14. The van der Waals surface area contributed by atoms with Crippen molar-refractivity contribution in [3.63, 3.8) is 0 Å². The lowest BCUT2D eigenvalue weighted by molar-refractivity contribution is -0.149. The summed E-state index contributed by atoms with van der Waals surface area (Å²) in [7, 11) is 0. The molecular weight excluding hydrogens is 521 g/mol. The molecule has 0 saturated heterocycles. The van der Waals surface area contributed by atoms with Crippen molar-refractivity contribution in [2.24, 2.45) is 5.92 Å². The molecule has 3 aromatic carbocycles. The summed E-state index contributed by atoms with van der Waals surface area (Å²) in [5, 5.41) is 12.5. The lowest BCUT2D eigenvalue weighted by atomic mass is 9.87. The fourth-order valence-corrected chi connectivity index (χ4v) is 5.48. The van der Waals surface area contributed by atoms with Crippen LogP contribution < -0.4 is 5.32 Å². The standard InChI is InChI=1S/C31H29F3N2O4/c32-31(33,34)13-11-28(37)36-14-12-24-23(20-7-4-8-21(15-20)30(39)40)10-9-22(27(24)18-36)17-35-29(38)26-16-25(26)19-5-2-1-3-6-19/h1-10,15,25-26H,11-14,16-18H2,(H,35,38)(H,39,40)/t25-,26-/m0/s1. The summed E-state index contributed by atoms with van der Waals surface area (Å²) in [6.07, 6.45) is -5.03. The minimum absolute atomic E-state index is 0.0604. The number of carbonyl (C=O) groups excluding carboxylic acids is 2. The third kappa shape index (κ3) is 6.19. The number of nitrogens with one attached hydrogen (secondary N) is 1. The molecule has 0 radical (unpaired) electrons. The molecular formula is C31H29F3N2O4. The second-order valence-corrected chi connectivity index (χ2v) is 10.4. The van der Waals surface area contributed by atoms with Gasteiger partial charge in [-0.15, -0.1) is 0 Å². The van der Waals surface area contributed by atoms with Gasteiger partial charge < -0.3 is 15.3 Å². The average molecular weight is 551 g/mol. The van der Waals surface area contributed by atoms with Crippen molar-refractivity contribution in [2.45, 2.75) is 50.9 Å². The van der Waals surface area contributed by atoms with E-state index in [2.05, 4.69) is 5.32 Å². The Morgan fingerprint density at radius 2 is 1.75 bits per heavy atom. The van der Waals surface area contributed by atoms with Gasteiger partial charge in [-0.25, -0.2) is 4.79 Å². The van der Waals surface area contributed by atoms with Gasteiger partial charge in [-0.2, -0.15) is 13.2 Å². The smallest absolute Gasteiger partial charge is 0.389 e. The topological polar surface area (TPSA) is 86.7 Å². The summed E-state index contributed by atoms with van der Waals surface area (Å²) in [6.45, 7) is 0.602. The van der Waals surface area contributed by atoms with Gasteiger partial charge in [0.1, 0.15) is 0 Å². The van der Waals surface area contributed by atoms with Gasteiger partial charge in [-0.05, 0) is 64.3 Å². The number of nitrogens with zero attached hydrogens (tertiary/aromatic N) is 1. The maximum atomic E-state index is 12.9. The molecule has 2 amide bonds. The summed E-state index contributed by atoms with van der Waals surface area (Å²) in [5.41, 5.74) is 5.24. The second kappa shape index (κ2) is 11.2. The number of carbonyl (C=O) groups is 3. The van der Waals surface area contributed by atoms with E-state index in [-0.39, 0.29) is 42.9 Å². The van der Waals surface area contributed by atoms with Gasteiger partial charge >= 0.3 is 12.1 Å². The number of hydrogen-bond donors (Lipinski definition) is 2. The van der Waals surface area contributed by atoms with Crippen LogP contribution in [-0.4, -0.2) is 40.5 Å². The molecule has 3 aromatic rings. The molecule has 2 N–H and O–H groups in total. The van der Waals surface area contributed by atoms with Crippen LogP contribution in [0.3, 0.4) is 0 Å². The van der Waals surface area contributed by atoms with E-state index in [1.807, 2.05) is 42.5 Å². The van der Waals surface area contributed by atoms with Gasteiger partial charge in [0.15, 0.2) is 0 Å². The Bertz CT molecular complexity index is 1440. The zero-order valence-electron chi connectivity index (χ0n) is 21.7. The van der Waals surface area contributed by atoms with E-state index in [4.69, 9.17) is 0 Å². The van der Waals surface area contributed by atoms with E-state index in [0.29, 0.717) is 12.0 Å². The second-order valence-electron chi connectivity index (χ2n) is 10.4. The Balaban J connectivity index is 1.38. The normalized spacial score (nSPS) is 18.1. The van der Waals surface area contributed by atoms with Crippen molar-refractivity contribution in [1.82, 2.24) is 10.2 Å². The van der Waals surface area contributed by atoms with E-state index in [1.54, 1.807) is 18.2 Å². The number of carboxylic acids is 1. The number of alkyl halides is 3. The highest BCUT2D eigenvalue weighted by Gasteiger charge is 2.43. The molecule has 5 rings (SSSR count). The van der Waals surface area contributed by atoms with Gasteiger partial charge in [0, 0.05) is 32.0 Å². The first-order valence-corrected chi connectivity index (χ1v) is 13.3. The number of hydrogen-bond acceptors (Lipinski definition) is 3. The van der Waals surface area contributed by atoms with E-state index < -0.39 is 30.9 Å². The van der Waals surface area contributed by atoms with E-state index in [9.17, 15) is 32.7 Å². The van der Waals surface area contributed by atoms with Crippen LogP contribution in [0.4, 0.5) is 13.2 Å². The largest absolute Gasteiger partial charge is 0.478 e. The Kier molecular flexibility index (Phi) is 7.65. The van der Waals surface area contributed by atoms with E-state index in [1.165, 1.54) is 11.0 Å². The van der Waals surface area contributed by atoms with E-state index in [0.717, 1.165) is 34.2 Å². The monoisotopic (exact) mass is 550 g/mol. The molecule has 40 heavy (non-hydrogen) atoms. The maximum absolute atomic E-state index is 12.9. The zero-order valence-corrected chi connectivity index (χ0v) is 21.7. The van der Waals surface area contributed by atoms with Crippen LogP contribution in [0, 0.1) is 5.92 Å². The lowest BCUT2D eigenvalue weighted by Crippen LogP contribution is -2.37. The molecule has 0 bridgehead atoms. The van der Waals surface area contributed by atoms with Gasteiger partial charge in [-0.1, -0.05) is 54.6 Å². The molecule has 2 atom stereocenters. The minimum atomic E-state index is -4.42. The SMILES string of the molecule is O=C(O)c1cccc(-c2ccc(CNC(=O)[C@H]3C[C@H]3c3ccccc3)c3c2CCN(C(=O)CCC(F)(F)F)C3)c1. The zero-order chi connectivity index (χ0) is 28.4. The highest BCUT2D eigenvalue weighted by atomic mass is 19.4. The minimum Gasteiger partial charge on any atom is -0.478 e. The number of amides is 2. The summed E-state index contributed by atoms with van der Waals surface area (Å²) in [6, 6.07) is 20.1. The fourth-order valence-electron chi connectivity index (χ4n) is 5.48. The van der Waals surface area contributed by atoms with E-state index >= 15 is 0 Å². The molecule has 9 heteroatoms. The highest BCUT2D eigenvalue weighted by molar-refractivity contribution is 5.90. The van der Waals surface area contributed by atoms with Crippen LogP contribution in [0.1, 0.15) is 57.8 Å². The number of benzene rings is 3. The summed E-state index contributed by atoms with van der Waals surface area (Å²) in [4.78, 5) is 38.6. The molecule has 0 unspecified atom stereocenters. The lowest BCUT2D eigenvalue weighted by Gasteiger charge is -2.32. The summed E-state index contributed by atoms with van der Waals surface area (Å²) in [5.74, 6) is -1.61. The number of aromatic carboxylic acids is 1. The summed E-state index contributed by atoms with van der Waals surface area (Å²) < 4.78 is 38.2. The van der Waals surface area contributed by atoms with Crippen molar-refractivity contribution in [2.75, 3.05) is 6.54 Å². The molecule has 1 fully saturated rings. The van der Waals surface area contributed by atoms with Crippen LogP contribution >= 0.6 is 0 Å². The Morgan fingerprint density at radius 1 is 0.975 bits per heavy atom. The van der Waals surface area contributed by atoms with Crippen molar-refractivity contribution in [1.29, 1.82) is 0 Å². The highest BCUT2D eigenvalue weighted by Crippen LogP contribution is 2.47. The third-order valence-electron chi connectivity index (χ3n) is 7.71. The van der Waals surface area contributed by atoms with Crippen molar-refractivity contribution in [3.05, 3.63) is 94.5 Å². The number of rotatable bonds is 8. The molecule has 0 aromatic heterocycles. The molecule has 2 aliphatic rings. The fraction of sp³-hybridized carbons (Fsp3) is 0.323. The first-order chi connectivity index (χ1) is 19.1. The van der Waals surface area contributed by atoms with Crippen LogP contribution in [-0.2, 0) is 29.1 Å². The summed E-state index contributed by atoms with van der Waals surface area (Å²) >= 11 is 0. The van der Waals surface area contributed by atoms with Crippen LogP contribution in [0.25, 0.3) is 11.1 Å². The molecule has 208 valence electrons. The predicted molar refractivity (Wildman–Crippen MR) is 142 cm³/mol. The first kappa shape index (κ1) is 27.4. The Labute approximate surface area is 229 Å². The predicted octanol–water partition coefficient (Wildman–Crippen LogP) is 5.70. The first-order valence-electron chi connectivity index (χ1n) is 13.3. The van der Waals surface area contributed by atoms with Gasteiger partial charge in [0.25, 0.3) is 0 Å². The number of carboxylic acid groups (broad SMARTS) is 1. The Morgan fingerprint density at radius 3 is 2.48 bits per heavy atom. The third-order valence-corrected chi connectivity index (χ3v) is 7.71. The number of fused-ring (bicyclic) bond motifs is 1. The van der Waals surface area contributed by atoms with Gasteiger partial charge in [0.2, 0.25) is 11.8 Å². The van der Waals surface area contributed by atoms with Crippen LogP contribution in [0.2, 0.25) is 0 Å².